The third-order valence-electron chi connectivity index (χ3n) is 2.38. The van der Waals surface area contributed by atoms with Crippen LogP contribution in [0.1, 0.15) is 12.5 Å². The lowest BCUT2D eigenvalue weighted by Gasteiger charge is -2.04. The molecule has 0 radical (unpaired) electrons. The molecule has 0 aliphatic rings. The van der Waals surface area contributed by atoms with Gasteiger partial charge in [0.1, 0.15) is 0 Å². The number of nitrogens with zero attached hydrogens (tertiary/aromatic N) is 2. The summed E-state index contributed by atoms with van der Waals surface area (Å²) in [4.78, 5) is 4.11. The molecule has 0 unspecified atom stereocenters. The molecule has 16 heavy (non-hydrogen) atoms. The Morgan fingerprint density at radius 2 is 2.31 bits per heavy atom. The van der Waals surface area contributed by atoms with Crippen molar-refractivity contribution in [3.63, 3.8) is 0 Å². The summed E-state index contributed by atoms with van der Waals surface area (Å²) in [5.74, 6) is 1.56. The second-order valence-electron chi connectivity index (χ2n) is 3.29. The number of nitrogens with two attached hydrogens (primary N) is 1. The molecule has 84 valence electrons. The average Bonchev–Trinajstić information content (AvgIpc) is 2.70. The lowest BCUT2D eigenvalue weighted by atomic mass is 10.1. The molecule has 2 heterocycles. The highest BCUT2D eigenvalue weighted by Crippen LogP contribution is 2.33. The minimum Gasteiger partial charge on any atom is -0.480 e. The molecule has 0 saturated carbocycles. The van der Waals surface area contributed by atoms with E-state index in [0.29, 0.717) is 17.5 Å². The molecule has 0 amide bonds. The SMILES string of the molecule is CCc1c(N)noc1-c1cccnc1OC. The maximum atomic E-state index is 5.71. The van der Waals surface area contributed by atoms with Gasteiger partial charge >= 0.3 is 0 Å². The number of anilines is 1. The Hall–Kier alpha value is -2.04. The van der Waals surface area contributed by atoms with Gasteiger partial charge in [-0.1, -0.05) is 12.1 Å². The summed E-state index contributed by atoms with van der Waals surface area (Å²) >= 11 is 0. The van der Waals surface area contributed by atoms with E-state index in [2.05, 4.69) is 10.1 Å². The van der Waals surface area contributed by atoms with Crippen LogP contribution in [-0.4, -0.2) is 17.3 Å². The maximum absolute atomic E-state index is 5.71. The number of hydrogen-bond acceptors (Lipinski definition) is 5. The predicted molar refractivity (Wildman–Crippen MR) is 60.1 cm³/mol. The summed E-state index contributed by atoms with van der Waals surface area (Å²) in [6, 6.07) is 3.68. The first-order valence-corrected chi connectivity index (χ1v) is 5.01. The fraction of sp³-hybridized carbons (Fsp3) is 0.273. The van der Waals surface area contributed by atoms with Gasteiger partial charge in [-0.3, -0.25) is 0 Å². The number of nitrogen functional groups attached to an aromatic ring is 1. The zero-order chi connectivity index (χ0) is 11.5. The van der Waals surface area contributed by atoms with Crippen LogP contribution in [0.25, 0.3) is 11.3 Å². The fourth-order valence-electron chi connectivity index (χ4n) is 1.60. The first-order chi connectivity index (χ1) is 7.77. The van der Waals surface area contributed by atoms with Gasteiger partial charge in [0.15, 0.2) is 11.6 Å². The molecular weight excluding hydrogens is 206 g/mol. The largest absolute Gasteiger partial charge is 0.480 e. The zero-order valence-electron chi connectivity index (χ0n) is 9.23. The van der Waals surface area contributed by atoms with Crippen molar-refractivity contribution >= 4 is 5.82 Å². The van der Waals surface area contributed by atoms with Gasteiger partial charge in [0.25, 0.3) is 0 Å². The molecule has 0 aliphatic carbocycles. The van der Waals surface area contributed by atoms with Crippen molar-refractivity contribution in [3.8, 4) is 17.2 Å². The number of methoxy groups -OCH3 is 1. The van der Waals surface area contributed by atoms with E-state index in [1.165, 1.54) is 0 Å². The molecule has 0 spiro atoms. The fourth-order valence-corrected chi connectivity index (χ4v) is 1.60. The third-order valence-corrected chi connectivity index (χ3v) is 2.38. The molecule has 0 atom stereocenters. The standard InChI is InChI=1S/C11H13N3O2/c1-3-7-9(16-14-10(7)12)8-5-4-6-13-11(8)15-2/h4-6H,3H2,1-2H3,(H2,12,14). The summed E-state index contributed by atoms with van der Waals surface area (Å²) in [7, 11) is 1.57. The van der Waals surface area contributed by atoms with E-state index in [-0.39, 0.29) is 0 Å². The van der Waals surface area contributed by atoms with Crippen LogP contribution in [0, 0.1) is 0 Å². The Balaban J connectivity index is 2.58. The van der Waals surface area contributed by atoms with Crippen LogP contribution in [0.15, 0.2) is 22.9 Å². The second-order valence-corrected chi connectivity index (χ2v) is 3.29. The van der Waals surface area contributed by atoms with E-state index in [9.17, 15) is 0 Å². The molecule has 0 bridgehead atoms. The van der Waals surface area contributed by atoms with E-state index in [1.54, 1.807) is 13.3 Å². The molecule has 2 N–H and O–H groups in total. The van der Waals surface area contributed by atoms with Gasteiger partial charge in [-0.05, 0) is 18.6 Å². The van der Waals surface area contributed by atoms with Crippen LogP contribution in [0.5, 0.6) is 5.88 Å². The first-order valence-electron chi connectivity index (χ1n) is 5.01. The summed E-state index contributed by atoms with van der Waals surface area (Å²) in [5.41, 5.74) is 7.36. The van der Waals surface area contributed by atoms with Gasteiger partial charge in [0.2, 0.25) is 5.88 Å². The molecule has 5 heteroatoms. The Kier molecular flexibility index (Phi) is 2.76. The van der Waals surface area contributed by atoms with Crippen LogP contribution in [0.4, 0.5) is 5.82 Å². The van der Waals surface area contributed by atoms with Gasteiger partial charge in [-0.25, -0.2) is 4.98 Å². The van der Waals surface area contributed by atoms with Gasteiger partial charge in [-0.15, -0.1) is 0 Å². The molecule has 0 aliphatic heterocycles. The Morgan fingerprint density at radius 3 is 3.00 bits per heavy atom. The van der Waals surface area contributed by atoms with Crippen molar-refractivity contribution in [1.29, 1.82) is 0 Å². The van der Waals surface area contributed by atoms with Crippen molar-refractivity contribution in [2.24, 2.45) is 0 Å². The second kappa shape index (κ2) is 4.22. The number of pyridine rings is 1. The van der Waals surface area contributed by atoms with Crippen LogP contribution < -0.4 is 10.5 Å². The molecule has 0 aromatic carbocycles. The highest BCUT2D eigenvalue weighted by Gasteiger charge is 2.17. The first kappa shape index (κ1) is 10.5. The number of hydrogen-bond donors (Lipinski definition) is 1. The number of rotatable bonds is 3. The van der Waals surface area contributed by atoms with Crippen molar-refractivity contribution in [1.82, 2.24) is 10.1 Å². The smallest absolute Gasteiger partial charge is 0.224 e. The van der Waals surface area contributed by atoms with Crippen molar-refractivity contribution in [2.45, 2.75) is 13.3 Å². The van der Waals surface area contributed by atoms with Crippen molar-refractivity contribution in [2.75, 3.05) is 12.8 Å². The summed E-state index contributed by atoms with van der Waals surface area (Å²) in [6.45, 7) is 2.00. The lowest BCUT2D eigenvalue weighted by molar-refractivity contribution is 0.392. The van der Waals surface area contributed by atoms with Gasteiger partial charge in [0, 0.05) is 11.8 Å². The topological polar surface area (TPSA) is 74.2 Å². The van der Waals surface area contributed by atoms with Crippen molar-refractivity contribution in [3.05, 3.63) is 23.9 Å². The van der Waals surface area contributed by atoms with E-state index in [0.717, 1.165) is 17.5 Å². The van der Waals surface area contributed by atoms with Crippen LogP contribution in [-0.2, 0) is 6.42 Å². The molecule has 0 fully saturated rings. The lowest BCUT2D eigenvalue weighted by Crippen LogP contribution is -1.94. The quantitative estimate of drug-likeness (QED) is 0.853. The predicted octanol–water partition coefficient (Wildman–Crippen LogP) is 1.89. The van der Waals surface area contributed by atoms with E-state index in [1.807, 2.05) is 19.1 Å². The normalized spacial score (nSPS) is 10.4. The van der Waals surface area contributed by atoms with E-state index < -0.39 is 0 Å². The zero-order valence-corrected chi connectivity index (χ0v) is 9.23. The molecule has 2 aromatic rings. The molecule has 2 rings (SSSR count). The van der Waals surface area contributed by atoms with E-state index >= 15 is 0 Å². The minimum absolute atomic E-state index is 0.420. The van der Waals surface area contributed by atoms with Crippen LogP contribution in [0.3, 0.4) is 0 Å². The number of aromatic nitrogens is 2. The maximum Gasteiger partial charge on any atom is 0.224 e. The Morgan fingerprint density at radius 1 is 1.50 bits per heavy atom. The monoisotopic (exact) mass is 219 g/mol. The summed E-state index contributed by atoms with van der Waals surface area (Å²) in [6.07, 6.45) is 2.41. The average molecular weight is 219 g/mol. The summed E-state index contributed by atoms with van der Waals surface area (Å²) in [5, 5.41) is 3.76. The molecule has 5 nitrogen and oxygen atoms in total. The Bertz CT molecular complexity index is 494. The van der Waals surface area contributed by atoms with Crippen LogP contribution >= 0.6 is 0 Å². The minimum atomic E-state index is 0.420. The highest BCUT2D eigenvalue weighted by molar-refractivity contribution is 5.69. The van der Waals surface area contributed by atoms with Crippen LogP contribution in [0.2, 0.25) is 0 Å². The summed E-state index contributed by atoms with van der Waals surface area (Å²) < 4.78 is 10.4. The molecular formula is C11H13N3O2. The van der Waals surface area contributed by atoms with Gasteiger partial charge < -0.3 is 15.0 Å². The van der Waals surface area contributed by atoms with E-state index in [4.69, 9.17) is 15.0 Å². The Labute approximate surface area is 93.2 Å². The molecule has 2 aromatic heterocycles. The molecule has 0 saturated heterocycles. The van der Waals surface area contributed by atoms with Crippen molar-refractivity contribution < 1.29 is 9.26 Å². The van der Waals surface area contributed by atoms with Gasteiger partial charge in [-0.2, -0.15) is 0 Å². The van der Waals surface area contributed by atoms with Gasteiger partial charge in [0.05, 0.1) is 12.7 Å². The third kappa shape index (κ3) is 1.60. The number of ether oxygens (including phenoxy) is 1. The highest BCUT2D eigenvalue weighted by atomic mass is 16.5.